The number of cyclic esters (lactones) is 1. The molecule has 8 heteroatoms. The Bertz CT molecular complexity index is 770. The first-order chi connectivity index (χ1) is 11.2. The van der Waals surface area contributed by atoms with Crippen molar-refractivity contribution in [2.75, 3.05) is 24.6 Å². The molecule has 0 saturated carbocycles. The summed E-state index contributed by atoms with van der Waals surface area (Å²) in [7, 11) is -3.83. The van der Waals surface area contributed by atoms with E-state index in [0.717, 1.165) is 6.42 Å². The molecule has 0 bridgehead atoms. The maximum Gasteiger partial charge on any atom is 0.327 e. The molecule has 2 aliphatic rings. The zero-order valence-corrected chi connectivity index (χ0v) is 14.5. The smallest absolute Gasteiger partial charge is 0.327 e. The molecule has 0 radical (unpaired) electrons. The molecule has 2 fully saturated rings. The van der Waals surface area contributed by atoms with E-state index in [1.165, 1.54) is 30.3 Å². The number of anilines is 1. The van der Waals surface area contributed by atoms with Crippen molar-refractivity contribution in [1.29, 1.82) is 0 Å². The molecule has 0 N–H and O–H groups in total. The van der Waals surface area contributed by atoms with Gasteiger partial charge in [0.2, 0.25) is 15.9 Å². The van der Waals surface area contributed by atoms with Gasteiger partial charge in [-0.2, -0.15) is 4.31 Å². The standard InChI is InChI=1S/C16H20N2O5S/c1-16(2)15(20)23-11-10-18(16)24(21,22)13-7-5-12(6-8-13)17-9-3-4-14(17)19/h5-8H,3-4,9-11H2,1-2H3. The number of ether oxygens (including phenoxy) is 1. The second-order valence-corrected chi connectivity index (χ2v) is 8.28. The van der Waals surface area contributed by atoms with Gasteiger partial charge in [0.1, 0.15) is 12.1 Å². The molecule has 2 heterocycles. The Morgan fingerprint density at radius 3 is 2.33 bits per heavy atom. The third-order valence-electron chi connectivity index (χ3n) is 4.46. The molecule has 0 aromatic heterocycles. The summed E-state index contributed by atoms with van der Waals surface area (Å²) in [6.07, 6.45) is 1.33. The summed E-state index contributed by atoms with van der Waals surface area (Å²) in [4.78, 5) is 25.4. The zero-order valence-electron chi connectivity index (χ0n) is 13.7. The minimum absolute atomic E-state index is 0.0435. The number of carbonyl (C=O) groups excluding carboxylic acids is 2. The van der Waals surface area contributed by atoms with Gasteiger partial charge in [0, 0.05) is 25.2 Å². The molecule has 2 saturated heterocycles. The minimum Gasteiger partial charge on any atom is -0.463 e. The van der Waals surface area contributed by atoms with E-state index >= 15 is 0 Å². The fourth-order valence-electron chi connectivity index (χ4n) is 3.05. The topological polar surface area (TPSA) is 84.0 Å². The third-order valence-corrected chi connectivity index (χ3v) is 6.55. The van der Waals surface area contributed by atoms with E-state index in [1.54, 1.807) is 17.0 Å². The number of amides is 1. The average Bonchev–Trinajstić information content (AvgIpc) is 2.96. The summed E-state index contributed by atoms with van der Waals surface area (Å²) in [5.41, 5.74) is -0.561. The van der Waals surface area contributed by atoms with Crippen LogP contribution in [0.3, 0.4) is 0 Å². The molecule has 0 spiro atoms. The Balaban J connectivity index is 1.90. The van der Waals surface area contributed by atoms with E-state index < -0.39 is 21.5 Å². The van der Waals surface area contributed by atoms with Crippen LogP contribution in [0.4, 0.5) is 5.69 Å². The molecule has 3 rings (SSSR count). The van der Waals surface area contributed by atoms with Crippen molar-refractivity contribution in [1.82, 2.24) is 4.31 Å². The van der Waals surface area contributed by atoms with Crippen molar-refractivity contribution in [2.45, 2.75) is 37.1 Å². The number of rotatable bonds is 3. The zero-order chi connectivity index (χ0) is 17.5. The first kappa shape index (κ1) is 16.9. The average molecular weight is 352 g/mol. The fourth-order valence-corrected chi connectivity index (χ4v) is 4.77. The SMILES string of the molecule is CC1(C)C(=O)OCCN1S(=O)(=O)c1ccc(N2CCCC2=O)cc1. The molecule has 1 aromatic rings. The van der Waals surface area contributed by atoms with Crippen LogP contribution in [0.1, 0.15) is 26.7 Å². The van der Waals surface area contributed by atoms with Crippen molar-refractivity contribution in [3.05, 3.63) is 24.3 Å². The van der Waals surface area contributed by atoms with Crippen LogP contribution in [0.5, 0.6) is 0 Å². The lowest BCUT2D eigenvalue weighted by Gasteiger charge is -2.38. The van der Waals surface area contributed by atoms with Gasteiger partial charge >= 0.3 is 5.97 Å². The molecule has 7 nitrogen and oxygen atoms in total. The molecule has 0 aliphatic carbocycles. The second kappa shape index (κ2) is 5.86. The van der Waals surface area contributed by atoms with Gasteiger partial charge in [-0.1, -0.05) is 0 Å². The van der Waals surface area contributed by atoms with E-state index in [2.05, 4.69) is 0 Å². The van der Waals surface area contributed by atoms with Gasteiger partial charge in [-0.3, -0.25) is 9.59 Å². The lowest BCUT2D eigenvalue weighted by Crippen LogP contribution is -2.58. The molecule has 24 heavy (non-hydrogen) atoms. The quantitative estimate of drug-likeness (QED) is 0.762. The molecule has 0 unspecified atom stereocenters. The minimum atomic E-state index is -3.83. The van der Waals surface area contributed by atoms with Gasteiger partial charge in [0.25, 0.3) is 0 Å². The number of hydrogen-bond acceptors (Lipinski definition) is 5. The summed E-state index contributed by atoms with van der Waals surface area (Å²) in [6, 6.07) is 6.22. The predicted molar refractivity (Wildman–Crippen MR) is 87.0 cm³/mol. The highest BCUT2D eigenvalue weighted by Gasteiger charge is 2.46. The number of esters is 1. The summed E-state index contributed by atoms with van der Waals surface area (Å²) < 4.78 is 31.9. The number of sulfonamides is 1. The molecule has 130 valence electrons. The van der Waals surface area contributed by atoms with E-state index in [1.807, 2.05) is 0 Å². The van der Waals surface area contributed by atoms with Gasteiger partial charge in [-0.15, -0.1) is 0 Å². The van der Waals surface area contributed by atoms with Crippen molar-refractivity contribution in [3.8, 4) is 0 Å². The summed E-state index contributed by atoms with van der Waals surface area (Å²) in [5, 5.41) is 0. The number of hydrogen-bond donors (Lipinski definition) is 0. The van der Waals surface area contributed by atoms with Gasteiger partial charge in [0.05, 0.1) is 4.90 Å². The molecule has 2 aliphatic heterocycles. The fraction of sp³-hybridized carbons (Fsp3) is 0.500. The Labute approximate surface area is 141 Å². The number of carbonyl (C=O) groups is 2. The van der Waals surface area contributed by atoms with E-state index in [-0.39, 0.29) is 24.0 Å². The van der Waals surface area contributed by atoms with E-state index in [9.17, 15) is 18.0 Å². The maximum atomic E-state index is 12.9. The number of nitrogens with zero attached hydrogens (tertiary/aromatic N) is 2. The summed E-state index contributed by atoms with van der Waals surface area (Å²) in [5.74, 6) is -0.512. The lowest BCUT2D eigenvalue weighted by molar-refractivity contribution is -0.160. The van der Waals surface area contributed by atoms with Crippen molar-refractivity contribution in [3.63, 3.8) is 0 Å². The first-order valence-electron chi connectivity index (χ1n) is 7.85. The van der Waals surface area contributed by atoms with Crippen molar-refractivity contribution < 1.29 is 22.7 Å². The normalized spacial score (nSPS) is 21.8. The van der Waals surface area contributed by atoms with Gasteiger partial charge in [-0.25, -0.2) is 8.42 Å². The summed E-state index contributed by atoms with van der Waals surface area (Å²) >= 11 is 0. The van der Waals surface area contributed by atoms with Crippen molar-refractivity contribution >= 4 is 27.6 Å². The van der Waals surface area contributed by atoms with E-state index in [4.69, 9.17) is 4.74 Å². The Morgan fingerprint density at radius 1 is 1.08 bits per heavy atom. The highest BCUT2D eigenvalue weighted by Crippen LogP contribution is 2.30. The third kappa shape index (κ3) is 2.69. The lowest BCUT2D eigenvalue weighted by atomic mass is 10.1. The van der Waals surface area contributed by atoms with Crippen molar-refractivity contribution in [2.24, 2.45) is 0 Å². The van der Waals surface area contributed by atoms with Crippen LogP contribution in [0, 0.1) is 0 Å². The summed E-state index contributed by atoms with van der Waals surface area (Å²) in [6.45, 7) is 3.87. The largest absolute Gasteiger partial charge is 0.463 e. The molecule has 1 amide bonds. The highest BCUT2D eigenvalue weighted by molar-refractivity contribution is 7.89. The van der Waals surface area contributed by atoms with Crippen LogP contribution in [0.2, 0.25) is 0 Å². The second-order valence-electron chi connectivity index (χ2n) is 6.41. The van der Waals surface area contributed by atoms with Gasteiger partial charge in [-0.05, 0) is 44.5 Å². The maximum absolute atomic E-state index is 12.9. The Kier molecular flexibility index (Phi) is 4.13. The molecular formula is C16H20N2O5S. The molecule has 0 atom stereocenters. The van der Waals surface area contributed by atoms with Crippen LogP contribution in [-0.2, 0) is 24.3 Å². The Morgan fingerprint density at radius 2 is 1.75 bits per heavy atom. The van der Waals surface area contributed by atoms with Crippen LogP contribution in [0.25, 0.3) is 0 Å². The monoisotopic (exact) mass is 352 g/mol. The van der Waals surface area contributed by atoms with Gasteiger partial charge < -0.3 is 9.64 Å². The predicted octanol–water partition coefficient (Wildman–Crippen LogP) is 1.14. The first-order valence-corrected chi connectivity index (χ1v) is 9.29. The van der Waals surface area contributed by atoms with Crippen LogP contribution in [-0.4, -0.2) is 49.8 Å². The van der Waals surface area contributed by atoms with Gasteiger partial charge in [0.15, 0.2) is 0 Å². The van der Waals surface area contributed by atoms with Crippen LogP contribution in [0.15, 0.2) is 29.2 Å². The molecule has 1 aromatic carbocycles. The number of morpholine rings is 1. The van der Waals surface area contributed by atoms with Crippen LogP contribution < -0.4 is 4.90 Å². The molecular weight excluding hydrogens is 332 g/mol. The Hall–Kier alpha value is -1.93. The highest BCUT2D eigenvalue weighted by atomic mass is 32.2. The van der Waals surface area contributed by atoms with Crippen LogP contribution >= 0.6 is 0 Å². The number of benzene rings is 1. The van der Waals surface area contributed by atoms with E-state index in [0.29, 0.717) is 18.7 Å².